The Morgan fingerprint density at radius 3 is 2.70 bits per heavy atom. The van der Waals surface area contributed by atoms with Crippen LogP contribution in [0.3, 0.4) is 0 Å². The molecule has 1 fully saturated rings. The van der Waals surface area contributed by atoms with Gasteiger partial charge in [0, 0.05) is 17.7 Å². The second-order valence-corrected chi connectivity index (χ2v) is 5.78. The first-order valence-electron chi connectivity index (χ1n) is 7.59. The molecule has 1 amide bonds. The average Bonchev–Trinajstić information content (AvgIpc) is 3.25. The van der Waals surface area contributed by atoms with Crippen LogP contribution >= 0.6 is 0 Å². The minimum Gasteiger partial charge on any atom is -0.497 e. The first-order chi connectivity index (χ1) is 11.2. The van der Waals surface area contributed by atoms with Crippen LogP contribution in [0.15, 0.2) is 42.5 Å². The van der Waals surface area contributed by atoms with E-state index in [1.165, 1.54) is 5.56 Å². The Kier molecular flexibility index (Phi) is 3.33. The van der Waals surface area contributed by atoms with E-state index in [4.69, 9.17) is 14.2 Å². The van der Waals surface area contributed by atoms with E-state index >= 15 is 0 Å². The van der Waals surface area contributed by atoms with Crippen molar-refractivity contribution in [1.29, 1.82) is 0 Å². The highest BCUT2D eigenvalue weighted by molar-refractivity contribution is 5.95. The van der Waals surface area contributed by atoms with Gasteiger partial charge in [0.1, 0.15) is 5.75 Å². The summed E-state index contributed by atoms with van der Waals surface area (Å²) in [4.78, 5) is 12.4. The molecule has 1 saturated carbocycles. The highest BCUT2D eigenvalue weighted by atomic mass is 16.7. The van der Waals surface area contributed by atoms with Gasteiger partial charge in [-0.25, -0.2) is 0 Å². The topological polar surface area (TPSA) is 56.8 Å². The van der Waals surface area contributed by atoms with E-state index in [1.54, 1.807) is 13.2 Å². The zero-order valence-electron chi connectivity index (χ0n) is 12.7. The summed E-state index contributed by atoms with van der Waals surface area (Å²) in [7, 11) is 1.65. The fourth-order valence-corrected chi connectivity index (χ4v) is 2.91. The first kappa shape index (κ1) is 13.9. The summed E-state index contributed by atoms with van der Waals surface area (Å²) in [5.74, 6) is 2.57. The molecule has 0 aromatic heterocycles. The van der Waals surface area contributed by atoms with E-state index in [-0.39, 0.29) is 24.5 Å². The number of hydrogen-bond donors (Lipinski definition) is 1. The summed E-state index contributed by atoms with van der Waals surface area (Å²) >= 11 is 0. The van der Waals surface area contributed by atoms with Gasteiger partial charge in [0.05, 0.1) is 7.11 Å². The number of fused-ring (bicyclic) bond motifs is 1. The summed E-state index contributed by atoms with van der Waals surface area (Å²) in [6.07, 6.45) is 0.878. The molecule has 2 unspecified atom stereocenters. The lowest BCUT2D eigenvalue weighted by atomic mass is 10.1. The third-order valence-corrected chi connectivity index (χ3v) is 4.31. The molecule has 118 valence electrons. The standard InChI is InChI=1S/C18H17NO4/c1-21-13-5-2-11(3-6-13)14-9-15(14)18(20)19-12-4-7-16-17(8-12)23-10-22-16/h2-8,14-15H,9-10H2,1H3,(H,19,20). The summed E-state index contributed by atoms with van der Waals surface area (Å²) in [6.45, 7) is 0.231. The third kappa shape index (κ3) is 2.70. The summed E-state index contributed by atoms with van der Waals surface area (Å²) in [6, 6.07) is 13.3. The number of amides is 1. The quantitative estimate of drug-likeness (QED) is 0.942. The van der Waals surface area contributed by atoms with Crippen LogP contribution < -0.4 is 19.5 Å². The van der Waals surface area contributed by atoms with E-state index in [1.807, 2.05) is 36.4 Å². The molecular weight excluding hydrogens is 294 g/mol. The normalized spacial score (nSPS) is 20.9. The predicted octanol–water partition coefficient (Wildman–Crippen LogP) is 3.17. The van der Waals surface area contributed by atoms with Gasteiger partial charge in [-0.1, -0.05) is 12.1 Å². The van der Waals surface area contributed by atoms with E-state index in [2.05, 4.69) is 5.32 Å². The van der Waals surface area contributed by atoms with Gasteiger partial charge in [0.2, 0.25) is 12.7 Å². The molecule has 23 heavy (non-hydrogen) atoms. The van der Waals surface area contributed by atoms with Gasteiger partial charge in [-0.3, -0.25) is 4.79 Å². The predicted molar refractivity (Wildman–Crippen MR) is 85.0 cm³/mol. The van der Waals surface area contributed by atoms with E-state index in [0.717, 1.165) is 17.9 Å². The lowest BCUT2D eigenvalue weighted by molar-refractivity contribution is -0.117. The van der Waals surface area contributed by atoms with Crippen molar-refractivity contribution in [3.05, 3.63) is 48.0 Å². The van der Waals surface area contributed by atoms with Crippen LogP contribution in [0.5, 0.6) is 17.2 Å². The Bertz CT molecular complexity index is 741. The minimum absolute atomic E-state index is 0.0221. The molecule has 0 bridgehead atoms. The van der Waals surface area contributed by atoms with Crippen molar-refractivity contribution in [2.45, 2.75) is 12.3 Å². The average molecular weight is 311 g/mol. The van der Waals surface area contributed by atoms with Crippen molar-refractivity contribution in [3.8, 4) is 17.2 Å². The van der Waals surface area contributed by atoms with Gasteiger partial charge in [0.15, 0.2) is 11.5 Å². The number of benzene rings is 2. The van der Waals surface area contributed by atoms with Crippen LogP contribution in [-0.2, 0) is 4.79 Å². The number of rotatable bonds is 4. The van der Waals surface area contributed by atoms with Crippen molar-refractivity contribution in [2.24, 2.45) is 5.92 Å². The van der Waals surface area contributed by atoms with E-state index in [0.29, 0.717) is 11.5 Å². The highest BCUT2D eigenvalue weighted by Crippen LogP contribution is 2.48. The van der Waals surface area contributed by atoms with Crippen molar-refractivity contribution < 1.29 is 19.0 Å². The number of nitrogens with one attached hydrogen (secondary N) is 1. The lowest BCUT2D eigenvalue weighted by Crippen LogP contribution is -2.14. The van der Waals surface area contributed by atoms with Crippen LogP contribution in [0.25, 0.3) is 0 Å². The number of methoxy groups -OCH3 is 1. The van der Waals surface area contributed by atoms with Crippen molar-refractivity contribution in [1.82, 2.24) is 0 Å². The van der Waals surface area contributed by atoms with Crippen molar-refractivity contribution in [3.63, 3.8) is 0 Å². The third-order valence-electron chi connectivity index (χ3n) is 4.31. The van der Waals surface area contributed by atoms with Gasteiger partial charge in [-0.2, -0.15) is 0 Å². The maximum absolute atomic E-state index is 12.4. The zero-order valence-corrected chi connectivity index (χ0v) is 12.7. The summed E-state index contributed by atoms with van der Waals surface area (Å²) in [5, 5.41) is 2.96. The van der Waals surface area contributed by atoms with Crippen LogP contribution in [0.4, 0.5) is 5.69 Å². The molecule has 0 spiro atoms. The molecule has 1 N–H and O–H groups in total. The summed E-state index contributed by atoms with van der Waals surface area (Å²) < 4.78 is 15.7. The van der Waals surface area contributed by atoms with Gasteiger partial charge in [-0.15, -0.1) is 0 Å². The Balaban J connectivity index is 1.40. The minimum atomic E-state index is 0.0221. The largest absolute Gasteiger partial charge is 0.497 e. The molecule has 0 radical (unpaired) electrons. The fraction of sp³-hybridized carbons (Fsp3) is 0.278. The maximum atomic E-state index is 12.4. The Morgan fingerprint density at radius 2 is 1.91 bits per heavy atom. The molecule has 5 nitrogen and oxygen atoms in total. The smallest absolute Gasteiger partial charge is 0.231 e. The Morgan fingerprint density at radius 1 is 1.13 bits per heavy atom. The SMILES string of the molecule is COc1ccc(C2CC2C(=O)Nc2ccc3c(c2)OCO3)cc1. The number of ether oxygens (including phenoxy) is 3. The molecule has 2 aromatic carbocycles. The number of carbonyl (C=O) groups is 1. The van der Waals surface area contributed by atoms with Crippen LogP contribution in [0, 0.1) is 5.92 Å². The van der Waals surface area contributed by atoms with Gasteiger partial charge in [0.25, 0.3) is 0 Å². The second kappa shape index (κ2) is 5.50. The Labute approximate surface area is 134 Å². The zero-order chi connectivity index (χ0) is 15.8. The van der Waals surface area contributed by atoms with Gasteiger partial charge in [-0.05, 0) is 42.2 Å². The van der Waals surface area contributed by atoms with Crippen molar-refractivity contribution in [2.75, 3.05) is 19.2 Å². The van der Waals surface area contributed by atoms with E-state index < -0.39 is 0 Å². The molecule has 0 saturated heterocycles. The van der Waals surface area contributed by atoms with Crippen LogP contribution in [0.1, 0.15) is 17.9 Å². The Hall–Kier alpha value is -2.69. The molecule has 4 rings (SSSR count). The molecule has 2 aromatic rings. The van der Waals surface area contributed by atoms with Gasteiger partial charge >= 0.3 is 0 Å². The van der Waals surface area contributed by atoms with E-state index in [9.17, 15) is 4.79 Å². The number of carbonyl (C=O) groups excluding carboxylic acids is 1. The molecular formula is C18H17NO4. The number of hydrogen-bond acceptors (Lipinski definition) is 4. The molecule has 1 aliphatic carbocycles. The molecule has 1 heterocycles. The van der Waals surface area contributed by atoms with Crippen molar-refractivity contribution >= 4 is 11.6 Å². The highest BCUT2D eigenvalue weighted by Gasteiger charge is 2.43. The molecule has 1 aliphatic heterocycles. The van der Waals surface area contributed by atoms with Crippen LogP contribution in [-0.4, -0.2) is 19.8 Å². The molecule has 2 aliphatic rings. The first-order valence-corrected chi connectivity index (χ1v) is 7.59. The van der Waals surface area contributed by atoms with Crippen LogP contribution in [0.2, 0.25) is 0 Å². The monoisotopic (exact) mass is 311 g/mol. The lowest BCUT2D eigenvalue weighted by Gasteiger charge is -2.06. The molecule has 2 atom stereocenters. The maximum Gasteiger partial charge on any atom is 0.231 e. The summed E-state index contributed by atoms with van der Waals surface area (Å²) in [5.41, 5.74) is 1.91. The fourth-order valence-electron chi connectivity index (χ4n) is 2.91. The second-order valence-electron chi connectivity index (χ2n) is 5.78. The molecule has 5 heteroatoms. The van der Waals surface area contributed by atoms with Gasteiger partial charge < -0.3 is 19.5 Å². The number of anilines is 1.